The summed E-state index contributed by atoms with van der Waals surface area (Å²) in [6.45, 7) is 0. The molecule has 2 heterocycles. The molecule has 4 aromatic rings. The highest BCUT2D eigenvalue weighted by Crippen LogP contribution is 2.25. The fourth-order valence-electron chi connectivity index (χ4n) is 2.65. The second-order valence-corrected chi connectivity index (χ2v) is 5.86. The maximum absolute atomic E-state index is 12.1. The number of rotatable bonds is 5. The molecule has 2 aromatic heterocycles. The van der Waals surface area contributed by atoms with Crippen molar-refractivity contribution in [1.82, 2.24) is 5.43 Å². The summed E-state index contributed by atoms with van der Waals surface area (Å²) in [6, 6.07) is 18.3. The number of carbonyl (C=O) groups excluding carboxylic acids is 1. The minimum absolute atomic E-state index is 0.0257. The van der Waals surface area contributed by atoms with Gasteiger partial charge in [-0.15, -0.1) is 0 Å². The second kappa shape index (κ2) is 7.20. The fraction of sp³-hybridized carbons (Fsp3) is 0. The Morgan fingerprint density at radius 2 is 1.89 bits per heavy atom. The first kappa shape index (κ1) is 17.2. The monoisotopic (exact) mass is 375 g/mol. The van der Waals surface area contributed by atoms with E-state index in [0.29, 0.717) is 22.7 Å². The number of hydrogen-bond acceptors (Lipinski definition) is 6. The number of hydrazone groups is 1. The summed E-state index contributed by atoms with van der Waals surface area (Å²) >= 11 is 0. The Labute approximate surface area is 158 Å². The molecule has 0 bridgehead atoms. The molecule has 1 N–H and O–H groups in total. The second-order valence-electron chi connectivity index (χ2n) is 5.86. The average molecular weight is 375 g/mol. The molecule has 8 nitrogen and oxygen atoms in total. The van der Waals surface area contributed by atoms with Crippen molar-refractivity contribution in [2.24, 2.45) is 5.10 Å². The zero-order valence-corrected chi connectivity index (χ0v) is 14.4. The van der Waals surface area contributed by atoms with Gasteiger partial charge in [-0.2, -0.15) is 5.10 Å². The smallest absolute Gasteiger partial charge is 0.307 e. The molecular weight excluding hydrogens is 362 g/mol. The SMILES string of the molecule is O=C(N/N=C\c1ccc(-c2cccc([N+](=O)[O-])c2)o1)c1cc2ccccc2o1. The van der Waals surface area contributed by atoms with Crippen LogP contribution < -0.4 is 5.43 Å². The van der Waals surface area contributed by atoms with Crippen molar-refractivity contribution in [1.29, 1.82) is 0 Å². The molecule has 0 saturated carbocycles. The van der Waals surface area contributed by atoms with Crippen LogP contribution in [-0.4, -0.2) is 17.0 Å². The van der Waals surface area contributed by atoms with Crippen LogP contribution in [0.1, 0.15) is 16.3 Å². The summed E-state index contributed by atoms with van der Waals surface area (Å²) < 4.78 is 11.1. The van der Waals surface area contributed by atoms with Crippen molar-refractivity contribution in [2.75, 3.05) is 0 Å². The Hall–Kier alpha value is -4.20. The number of nitrogens with one attached hydrogen (secondary N) is 1. The number of nitrogens with zero attached hydrogens (tertiary/aromatic N) is 2. The number of amides is 1. The van der Waals surface area contributed by atoms with Crippen molar-refractivity contribution in [2.45, 2.75) is 0 Å². The molecule has 8 heteroatoms. The van der Waals surface area contributed by atoms with E-state index in [2.05, 4.69) is 10.5 Å². The number of furan rings is 2. The highest BCUT2D eigenvalue weighted by Gasteiger charge is 2.12. The van der Waals surface area contributed by atoms with E-state index in [1.165, 1.54) is 18.3 Å². The lowest BCUT2D eigenvalue weighted by Gasteiger charge is -1.97. The van der Waals surface area contributed by atoms with Gasteiger partial charge in [0.05, 0.1) is 11.1 Å². The molecule has 0 spiro atoms. The predicted octanol–water partition coefficient (Wildman–Crippen LogP) is 4.36. The van der Waals surface area contributed by atoms with Crippen LogP contribution in [0.4, 0.5) is 5.69 Å². The lowest BCUT2D eigenvalue weighted by Crippen LogP contribution is -2.16. The summed E-state index contributed by atoms with van der Waals surface area (Å²) in [5.74, 6) is 0.494. The molecule has 0 aliphatic rings. The highest BCUT2D eigenvalue weighted by atomic mass is 16.6. The van der Waals surface area contributed by atoms with Crippen molar-refractivity contribution in [3.05, 3.63) is 88.4 Å². The van der Waals surface area contributed by atoms with Crippen LogP contribution in [-0.2, 0) is 0 Å². The molecule has 1 amide bonds. The molecule has 2 aromatic carbocycles. The Morgan fingerprint density at radius 1 is 1.04 bits per heavy atom. The van der Waals surface area contributed by atoms with Gasteiger partial charge in [0.1, 0.15) is 17.1 Å². The number of hydrogen-bond donors (Lipinski definition) is 1. The van der Waals surface area contributed by atoms with Gasteiger partial charge in [0.15, 0.2) is 5.76 Å². The molecule has 0 fully saturated rings. The first-order valence-corrected chi connectivity index (χ1v) is 8.27. The number of nitro groups is 1. The molecule has 4 rings (SSSR count). The Morgan fingerprint density at radius 3 is 2.71 bits per heavy atom. The van der Waals surface area contributed by atoms with E-state index in [9.17, 15) is 14.9 Å². The minimum Gasteiger partial charge on any atom is -0.455 e. The van der Waals surface area contributed by atoms with Crippen LogP contribution in [0.2, 0.25) is 0 Å². The molecule has 138 valence electrons. The largest absolute Gasteiger partial charge is 0.455 e. The Bertz CT molecular complexity index is 1170. The van der Waals surface area contributed by atoms with Gasteiger partial charge in [-0.3, -0.25) is 14.9 Å². The van der Waals surface area contributed by atoms with Crippen molar-refractivity contribution in [3.63, 3.8) is 0 Å². The van der Waals surface area contributed by atoms with Crippen LogP contribution in [0.3, 0.4) is 0 Å². The predicted molar refractivity (Wildman–Crippen MR) is 102 cm³/mol. The summed E-state index contributed by atoms with van der Waals surface area (Å²) in [7, 11) is 0. The van der Waals surface area contributed by atoms with E-state index >= 15 is 0 Å². The fourth-order valence-corrected chi connectivity index (χ4v) is 2.65. The number of non-ortho nitro benzene ring substituents is 1. The molecule has 0 aliphatic carbocycles. The topological polar surface area (TPSA) is 111 Å². The third-order valence-corrected chi connectivity index (χ3v) is 3.98. The van der Waals surface area contributed by atoms with E-state index < -0.39 is 10.8 Å². The molecular formula is C20H13N3O5. The van der Waals surface area contributed by atoms with Gasteiger partial charge in [0.25, 0.3) is 5.69 Å². The van der Waals surface area contributed by atoms with E-state index in [1.807, 2.05) is 18.2 Å². The molecule has 0 atom stereocenters. The zero-order chi connectivity index (χ0) is 19.5. The first-order chi connectivity index (χ1) is 13.6. The van der Waals surface area contributed by atoms with E-state index in [-0.39, 0.29) is 11.4 Å². The summed E-state index contributed by atoms with van der Waals surface area (Å²) in [4.78, 5) is 22.5. The van der Waals surface area contributed by atoms with Crippen molar-refractivity contribution < 1.29 is 18.6 Å². The maximum Gasteiger partial charge on any atom is 0.307 e. The van der Waals surface area contributed by atoms with Crippen molar-refractivity contribution >= 4 is 28.8 Å². The minimum atomic E-state index is -0.488. The third-order valence-electron chi connectivity index (χ3n) is 3.98. The highest BCUT2D eigenvalue weighted by molar-refractivity contribution is 5.96. The number of para-hydroxylation sites is 1. The normalized spacial score (nSPS) is 11.1. The standard InChI is InChI=1S/C20H13N3O5/c24-20(19-11-14-4-1-2-7-17(14)28-19)22-21-12-16-8-9-18(27-16)13-5-3-6-15(10-13)23(25)26/h1-12H,(H,22,24)/b21-12-. The van der Waals surface area contributed by atoms with Crippen LogP contribution in [0.25, 0.3) is 22.3 Å². The average Bonchev–Trinajstić information content (AvgIpc) is 3.35. The van der Waals surface area contributed by atoms with Gasteiger partial charge in [-0.1, -0.05) is 30.3 Å². The summed E-state index contributed by atoms with van der Waals surface area (Å²) in [5.41, 5.74) is 3.53. The Balaban J connectivity index is 1.45. The zero-order valence-electron chi connectivity index (χ0n) is 14.4. The molecule has 28 heavy (non-hydrogen) atoms. The van der Waals surface area contributed by atoms with Gasteiger partial charge in [0.2, 0.25) is 0 Å². The number of fused-ring (bicyclic) bond motifs is 1. The van der Waals surface area contributed by atoms with Gasteiger partial charge < -0.3 is 8.83 Å². The summed E-state index contributed by atoms with van der Waals surface area (Å²) in [6.07, 6.45) is 1.33. The number of nitro benzene ring substituents is 1. The molecule has 0 unspecified atom stereocenters. The van der Waals surface area contributed by atoms with Gasteiger partial charge in [0, 0.05) is 23.1 Å². The maximum atomic E-state index is 12.1. The Kier molecular flexibility index (Phi) is 4.43. The van der Waals surface area contributed by atoms with Crippen LogP contribution in [0.5, 0.6) is 0 Å². The van der Waals surface area contributed by atoms with Crippen LogP contribution in [0.15, 0.2) is 80.7 Å². The molecule has 0 aliphatic heterocycles. The molecule has 0 saturated heterocycles. The van der Waals surface area contributed by atoms with Gasteiger partial charge in [-0.05, 0) is 24.3 Å². The van der Waals surface area contributed by atoms with Crippen molar-refractivity contribution in [3.8, 4) is 11.3 Å². The quantitative estimate of drug-likeness (QED) is 0.316. The van der Waals surface area contributed by atoms with Crippen LogP contribution >= 0.6 is 0 Å². The number of benzene rings is 2. The van der Waals surface area contributed by atoms with Gasteiger partial charge in [-0.25, -0.2) is 5.43 Å². The van der Waals surface area contributed by atoms with Crippen LogP contribution in [0, 0.1) is 10.1 Å². The summed E-state index contributed by atoms with van der Waals surface area (Å²) in [5, 5.41) is 15.6. The lowest BCUT2D eigenvalue weighted by molar-refractivity contribution is -0.384. The first-order valence-electron chi connectivity index (χ1n) is 8.27. The van der Waals surface area contributed by atoms with E-state index in [0.717, 1.165) is 5.39 Å². The lowest BCUT2D eigenvalue weighted by atomic mass is 10.1. The van der Waals surface area contributed by atoms with E-state index in [1.54, 1.807) is 36.4 Å². The van der Waals surface area contributed by atoms with Gasteiger partial charge >= 0.3 is 5.91 Å². The number of carbonyl (C=O) groups is 1. The van der Waals surface area contributed by atoms with E-state index in [4.69, 9.17) is 8.83 Å². The molecule has 0 radical (unpaired) electrons. The third kappa shape index (κ3) is 3.51.